The van der Waals surface area contributed by atoms with Crippen LogP contribution in [0.2, 0.25) is 0 Å². The van der Waals surface area contributed by atoms with E-state index in [2.05, 4.69) is 10.6 Å². The molecule has 1 heterocycles. The van der Waals surface area contributed by atoms with Gasteiger partial charge in [0.25, 0.3) is 0 Å². The Hall–Kier alpha value is -1.43. The minimum atomic E-state index is -0.695. The van der Waals surface area contributed by atoms with Crippen LogP contribution < -0.4 is 10.6 Å². The van der Waals surface area contributed by atoms with Crippen molar-refractivity contribution >= 4 is 5.91 Å². The summed E-state index contributed by atoms with van der Waals surface area (Å²) in [6.45, 7) is 1.57. The topological polar surface area (TPSA) is 64.6 Å². The lowest BCUT2D eigenvalue weighted by Crippen LogP contribution is -2.62. The molecule has 0 spiro atoms. The first-order valence-corrected chi connectivity index (χ1v) is 6.94. The van der Waals surface area contributed by atoms with E-state index in [1.54, 1.807) is 0 Å². The number of aliphatic hydroxyl groups is 1. The zero-order valence-corrected chi connectivity index (χ0v) is 12.1. The third kappa shape index (κ3) is 3.17. The van der Waals surface area contributed by atoms with E-state index in [9.17, 15) is 9.90 Å². The van der Waals surface area contributed by atoms with Gasteiger partial charge in [0.1, 0.15) is 0 Å². The number of β-amino-alcohol motifs (C(OH)–C–C–N with tert-alkyl or cyclic N) is 1. The number of carbonyl (C=O) groups is 1. The summed E-state index contributed by atoms with van der Waals surface area (Å²) in [5, 5.41) is 16.7. The molecule has 1 aromatic carbocycles. The largest absolute Gasteiger partial charge is 0.389 e. The summed E-state index contributed by atoms with van der Waals surface area (Å²) in [6, 6.07) is 9.73. The lowest BCUT2D eigenvalue weighted by molar-refractivity contribution is -0.126. The minimum absolute atomic E-state index is 0.0696. The molecule has 1 amide bonds. The third-order valence-corrected chi connectivity index (χ3v) is 3.71. The van der Waals surface area contributed by atoms with Crippen LogP contribution in [0.1, 0.15) is 12.0 Å². The molecule has 5 heteroatoms. The Bertz CT molecular complexity index is 450. The number of nitrogens with zero attached hydrogens (tertiary/aromatic N) is 1. The van der Waals surface area contributed by atoms with Crippen LogP contribution in [-0.4, -0.2) is 55.7 Å². The first kappa shape index (κ1) is 15.0. The van der Waals surface area contributed by atoms with Crippen molar-refractivity contribution in [1.82, 2.24) is 15.5 Å². The molecule has 1 saturated heterocycles. The van der Waals surface area contributed by atoms with Gasteiger partial charge in [-0.2, -0.15) is 0 Å². The number of likely N-dealkylation sites (N-methyl/N-ethyl adjacent to an activating group) is 1. The molecule has 0 aliphatic carbocycles. The second-order valence-electron chi connectivity index (χ2n) is 5.59. The average Bonchev–Trinajstić information content (AvgIpc) is 2.41. The standard InChI is InChI=1S/C15H23N3O2/c1-18(2)11-14(20)17-15(8-9-16-10-13(15)19)12-6-4-3-5-7-12/h3-7,13,16,19H,8-11H2,1-2H3,(H,17,20)/t13-,15+/m1/s1. The van der Waals surface area contributed by atoms with Crippen LogP contribution in [0, 0.1) is 0 Å². The van der Waals surface area contributed by atoms with Gasteiger partial charge in [-0.15, -0.1) is 0 Å². The number of piperidine rings is 1. The highest BCUT2D eigenvalue weighted by atomic mass is 16.3. The van der Waals surface area contributed by atoms with Crippen molar-refractivity contribution in [3.63, 3.8) is 0 Å². The van der Waals surface area contributed by atoms with E-state index in [1.807, 2.05) is 49.3 Å². The molecule has 1 aromatic rings. The van der Waals surface area contributed by atoms with Gasteiger partial charge >= 0.3 is 0 Å². The lowest BCUT2D eigenvalue weighted by Gasteiger charge is -2.43. The number of aliphatic hydroxyl groups excluding tert-OH is 1. The van der Waals surface area contributed by atoms with E-state index < -0.39 is 11.6 Å². The van der Waals surface area contributed by atoms with Crippen LogP contribution in [-0.2, 0) is 10.3 Å². The Labute approximate surface area is 120 Å². The fourth-order valence-electron chi connectivity index (χ4n) is 2.73. The summed E-state index contributed by atoms with van der Waals surface area (Å²) in [5.74, 6) is -0.0696. The van der Waals surface area contributed by atoms with E-state index in [4.69, 9.17) is 0 Å². The van der Waals surface area contributed by atoms with Crippen molar-refractivity contribution in [2.24, 2.45) is 0 Å². The van der Waals surface area contributed by atoms with Gasteiger partial charge in [0.2, 0.25) is 5.91 Å². The van der Waals surface area contributed by atoms with Crippen molar-refractivity contribution < 1.29 is 9.90 Å². The van der Waals surface area contributed by atoms with Gasteiger partial charge in [-0.1, -0.05) is 30.3 Å². The number of rotatable bonds is 4. The normalized spacial score (nSPS) is 26.5. The maximum atomic E-state index is 12.2. The molecule has 110 valence electrons. The summed E-state index contributed by atoms with van der Waals surface area (Å²) >= 11 is 0. The van der Waals surface area contributed by atoms with E-state index in [0.29, 0.717) is 19.5 Å². The zero-order chi connectivity index (χ0) is 14.6. The number of hydrogen-bond acceptors (Lipinski definition) is 4. The van der Waals surface area contributed by atoms with Gasteiger partial charge < -0.3 is 20.6 Å². The van der Waals surface area contributed by atoms with Crippen molar-refractivity contribution in [3.8, 4) is 0 Å². The van der Waals surface area contributed by atoms with Crippen LogP contribution in [0.5, 0.6) is 0 Å². The molecule has 2 atom stereocenters. The molecule has 1 fully saturated rings. The smallest absolute Gasteiger partial charge is 0.234 e. The summed E-state index contributed by atoms with van der Waals surface area (Å²) in [6.07, 6.45) is 0.0434. The number of nitrogens with one attached hydrogen (secondary N) is 2. The molecule has 0 saturated carbocycles. The molecule has 1 aliphatic rings. The van der Waals surface area contributed by atoms with Crippen molar-refractivity contribution in [1.29, 1.82) is 0 Å². The van der Waals surface area contributed by atoms with E-state index >= 15 is 0 Å². The van der Waals surface area contributed by atoms with Crippen molar-refractivity contribution in [2.75, 3.05) is 33.7 Å². The SMILES string of the molecule is CN(C)CC(=O)N[C@]1(c2ccccc2)CCNC[C@H]1O. The summed E-state index contributed by atoms with van der Waals surface area (Å²) < 4.78 is 0. The van der Waals surface area contributed by atoms with Crippen molar-refractivity contribution in [2.45, 2.75) is 18.1 Å². The first-order valence-electron chi connectivity index (χ1n) is 6.94. The molecule has 1 aliphatic heterocycles. The van der Waals surface area contributed by atoms with Gasteiger partial charge in [-0.3, -0.25) is 4.79 Å². The molecule has 2 rings (SSSR count). The van der Waals surface area contributed by atoms with E-state index in [1.165, 1.54) is 0 Å². The summed E-state index contributed by atoms with van der Waals surface area (Å²) in [5.41, 5.74) is 0.265. The molecule has 5 nitrogen and oxygen atoms in total. The van der Waals surface area contributed by atoms with Crippen molar-refractivity contribution in [3.05, 3.63) is 35.9 Å². The minimum Gasteiger partial charge on any atom is -0.389 e. The fourth-order valence-corrected chi connectivity index (χ4v) is 2.73. The number of benzene rings is 1. The number of carbonyl (C=O) groups excluding carboxylic acids is 1. The molecule has 20 heavy (non-hydrogen) atoms. The zero-order valence-electron chi connectivity index (χ0n) is 12.1. The predicted octanol–water partition coefficient (Wildman–Crippen LogP) is -0.0861. The van der Waals surface area contributed by atoms with Crippen LogP contribution in [0.4, 0.5) is 0 Å². The van der Waals surface area contributed by atoms with Crippen LogP contribution in [0.3, 0.4) is 0 Å². The number of hydrogen-bond donors (Lipinski definition) is 3. The predicted molar refractivity (Wildman–Crippen MR) is 78.3 cm³/mol. The maximum Gasteiger partial charge on any atom is 0.234 e. The quantitative estimate of drug-likeness (QED) is 0.720. The Morgan fingerprint density at radius 1 is 1.45 bits per heavy atom. The molecular formula is C15H23N3O2. The Morgan fingerprint density at radius 3 is 2.75 bits per heavy atom. The lowest BCUT2D eigenvalue weighted by atomic mass is 9.79. The first-order chi connectivity index (χ1) is 9.54. The van der Waals surface area contributed by atoms with Crippen LogP contribution >= 0.6 is 0 Å². The molecule has 0 unspecified atom stereocenters. The van der Waals surface area contributed by atoms with Crippen LogP contribution in [0.25, 0.3) is 0 Å². The summed E-state index contributed by atoms with van der Waals surface area (Å²) in [7, 11) is 3.71. The van der Waals surface area contributed by atoms with E-state index in [-0.39, 0.29) is 5.91 Å². The molecule has 0 aromatic heterocycles. The van der Waals surface area contributed by atoms with Gasteiger partial charge in [-0.05, 0) is 32.6 Å². The maximum absolute atomic E-state index is 12.2. The fraction of sp³-hybridized carbons (Fsp3) is 0.533. The monoisotopic (exact) mass is 277 g/mol. The van der Waals surface area contributed by atoms with Gasteiger partial charge in [0.15, 0.2) is 0 Å². The van der Waals surface area contributed by atoms with E-state index in [0.717, 1.165) is 12.1 Å². The highest BCUT2D eigenvalue weighted by molar-refractivity contribution is 5.79. The second-order valence-corrected chi connectivity index (χ2v) is 5.59. The summed E-state index contributed by atoms with van der Waals surface area (Å²) in [4.78, 5) is 14.0. The van der Waals surface area contributed by atoms with Gasteiger partial charge in [0.05, 0.1) is 18.2 Å². The second kappa shape index (κ2) is 6.35. The molecule has 0 radical (unpaired) electrons. The molecule has 0 bridgehead atoms. The highest BCUT2D eigenvalue weighted by Gasteiger charge is 2.42. The third-order valence-electron chi connectivity index (χ3n) is 3.71. The average molecular weight is 277 g/mol. The van der Waals surface area contributed by atoms with Gasteiger partial charge in [0, 0.05) is 6.54 Å². The Kier molecular flexibility index (Phi) is 4.75. The van der Waals surface area contributed by atoms with Crippen LogP contribution in [0.15, 0.2) is 30.3 Å². The Balaban J connectivity index is 2.27. The Morgan fingerprint density at radius 2 is 2.15 bits per heavy atom. The molecular weight excluding hydrogens is 254 g/mol. The highest BCUT2D eigenvalue weighted by Crippen LogP contribution is 2.30. The molecule has 3 N–H and O–H groups in total. The number of amides is 1. The van der Waals surface area contributed by atoms with Gasteiger partial charge in [-0.25, -0.2) is 0 Å².